The molecule has 0 spiro atoms. The van der Waals surface area contributed by atoms with E-state index in [1.54, 1.807) is 0 Å². The maximum absolute atomic E-state index is 4.70. The molecule has 1 N–H and O–H groups in total. The van der Waals surface area contributed by atoms with Gasteiger partial charge >= 0.3 is 0 Å². The molecule has 3 saturated heterocycles. The fourth-order valence-electron chi connectivity index (χ4n) is 4.08. The molecule has 0 aliphatic carbocycles. The molecule has 0 saturated carbocycles. The summed E-state index contributed by atoms with van der Waals surface area (Å²) in [5, 5.41) is 3.31. The normalized spacial score (nSPS) is 30.4. The third-order valence-electron chi connectivity index (χ3n) is 5.87. The predicted molar refractivity (Wildman–Crippen MR) is 88.3 cm³/mol. The van der Waals surface area contributed by atoms with Crippen molar-refractivity contribution in [1.29, 1.82) is 0 Å². The summed E-state index contributed by atoms with van der Waals surface area (Å²) < 4.78 is 0. The van der Waals surface area contributed by atoms with Crippen molar-refractivity contribution in [2.75, 3.05) is 31.1 Å². The molecule has 0 aromatic carbocycles. The van der Waals surface area contributed by atoms with Crippen molar-refractivity contribution in [3.8, 4) is 0 Å². The molecule has 3 unspecified atom stereocenters. The first-order valence-electron chi connectivity index (χ1n) is 8.81. The van der Waals surface area contributed by atoms with Gasteiger partial charge in [0, 0.05) is 62.6 Å². The highest BCUT2D eigenvalue weighted by atomic mass is 15.4. The van der Waals surface area contributed by atoms with Gasteiger partial charge in [-0.3, -0.25) is 4.90 Å². The zero-order chi connectivity index (χ0) is 15.1. The number of anilines is 1. The summed E-state index contributed by atoms with van der Waals surface area (Å²) in [4.78, 5) is 14.6. The van der Waals surface area contributed by atoms with E-state index in [1.807, 2.05) is 12.4 Å². The smallest absolute Gasteiger partial charge is 0.225 e. The Hall–Kier alpha value is -1.20. The fraction of sp³-hybridized carbons (Fsp3) is 0.765. The Morgan fingerprint density at radius 2 is 1.82 bits per heavy atom. The lowest BCUT2D eigenvalue weighted by Crippen LogP contribution is -2.56. The van der Waals surface area contributed by atoms with Crippen molar-refractivity contribution >= 4 is 5.95 Å². The summed E-state index contributed by atoms with van der Waals surface area (Å²) in [5.74, 6) is 1.57. The van der Waals surface area contributed by atoms with Crippen LogP contribution >= 0.6 is 0 Å². The van der Waals surface area contributed by atoms with Crippen molar-refractivity contribution in [3.05, 3.63) is 18.0 Å². The Morgan fingerprint density at radius 1 is 1.18 bits per heavy atom. The number of aromatic nitrogens is 2. The van der Waals surface area contributed by atoms with E-state index in [-0.39, 0.29) is 0 Å². The van der Waals surface area contributed by atoms with Crippen LogP contribution in [-0.4, -0.2) is 59.2 Å². The van der Waals surface area contributed by atoms with Crippen molar-refractivity contribution in [2.45, 2.75) is 57.2 Å². The first kappa shape index (κ1) is 14.4. The molecule has 22 heavy (non-hydrogen) atoms. The van der Waals surface area contributed by atoms with E-state index < -0.39 is 0 Å². The van der Waals surface area contributed by atoms with Gasteiger partial charge in [-0.15, -0.1) is 0 Å². The molecule has 3 fully saturated rings. The van der Waals surface area contributed by atoms with Gasteiger partial charge in [-0.05, 0) is 31.7 Å². The Morgan fingerprint density at radius 3 is 2.32 bits per heavy atom. The standard InChI is InChI=1S/C17H27N5/c1-3-12(2)21-10-15-4-5-16(11-21)22(15)17-19-8-14(9-20-17)13-6-18-7-13/h8-9,12-13,15-16,18H,3-7,10-11H2,1-2H3. The molecule has 1 aromatic rings. The summed E-state index contributed by atoms with van der Waals surface area (Å²) in [6.45, 7) is 9.12. The molecule has 4 heterocycles. The second-order valence-electron chi connectivity index (χ2n) is 7.18. The predicted octanol–water partition coefficient (Wildman–Crippen LogP) is 1.61. The number of likely N-dealkylation sites (tertiary alicyclic amines) is 1. The summed E-state index contributed by atoms with van der Waals surface area (Å²) in [6, 6.07) is 1.90. The molecule has 120 valence electrons. The molecule has 5 heteroatoms. The van der Waals surface area contributed by atoms with Gasteiger partial charge in [0.2, 0.25) is 5.95 Å². The zero-order valence-corrected chi connectivity index (χ0v) is 13.7. The van der Waals surface area contributed by atoms with E-state index in [9.17, 15) is 0 Å². The van der Waals surface area contributed by atoms with Gasteiger partial charge in [-0.1, -0.05) is 6.92 Å². The van der Waals surface area contributed by atoms with E-state index in [4.69, 9.17) is 9.97 Å². The molecule has 0 radical (unpaired) electrons. The lowest BCUT2D eigenvalue weighted by Gasteiger charge is -2.43. The van der Waals surface area contributed by atoms with Gasteiger partial charge in [0.25, 0.3) is 0 Å². The third kappa shape index (κ3) is 2.40. The molecule has 5 nitrogen and oxygen atoms in total. The number of hydrogen-bond acceptors (Lipinski definition) is 5. The Bertz CT molecular complexity index is 498. The Balaban J connectivity index is 1.49. The molecule has 4 rings (SSSR count). The number of nitrogens with zero attached hydrogens (tertiary/aromatic N) is 4. The van der Waals surface area contributed by atoms with E-state index in [0.717, 1.165) is 19.0 Å². The van der Waals surface area contributed by atoms with Crippen LogP contribution in [0.1, 0.15) is 44.6 Å². The van der Waals surface area contributed by atoms with Gasteiger partial charge in [-0.25, -0.2) is 9.97 Å². The minimum absolute atomic E-state index is 0.601. The van der Waals surface area contributed by atoms with Crippen LogP contribution in [0, 0.1) is 0 Å². The van der Waals surface area contributed by atoms with E-state index in [2.05, 4.69) is 29.0 Å². The average molecular weight is 301 g/mol. The van der Waals surface area contributed by atoms with Gasteiger partial charge in [0.1, 0.15) is 0 Å². The van der Waals surface area contributed by atoms with Crippen LogP contribution in [0.5, 0.6) is 0 Å². The number of piperazine rings is 1. The minimum Gasteiger partial charge on any atom is -0.332 e. The van der Waals surface area contributed by atoms with Gasteiger partial charge in [-0.2, -0.15) is 0 Å². The highest BCUT2D eigenvalue weighted by Gasteiger charge is 2.42. The lowest BCUT2D eigenvalue weighted by molar-refractivity contribution is 0.162. The highest BCUT2D eigenvalue weighted by Crippen LogP contribution is 2.34. The number of fused-ring (bicyclic) bond motifs is 2. The van der Waals surface area contributed by atoms with Crippen molar-refractivity contribution in [2.24, 2.45) is 0 Å². The molecule has 2 bridgehead atoms. The number of hydrogen-bond donors (Lipinski definition) is 1. The molecule has 1 aromatic heterocycles. The van der Waals surface area contributed by atoms with E-state index in [1.165, 1.54) is 37.9 Å². The maximum Gasteiger partial charge on any atom is 0.225 e. The molecule has 3 aliphatic rings. The summed E-state index contributed by atoms with van der Waals surface area (Å²) in [6.07, 6.45) is 7.91. The topological polar surface area (TPSA) is 44.3 Å². The molecule has 0 amide bonds. The number of nitrogens with one attached hydrogen (secondary N) is 1. The lowest BCUT2D eigenvalue weighted by atomic mass is 9.97. The molecule has 3 aliphatic heterocycles. The van der Waals surface area contributed by atoms with Gasteiger partial charge in [0.15, 0.2) is 0 Å². The van der Waals surface area contributed by atoms with Crippen molar-refractivity contribution in [3.63, 3.8) is 0 Å². The summed E-state index contributed by atoms with van der Waals surface area (Å²) in [5.41, 5.74) is 1.29. The van der Waals surface area contributed by atoms with Crippen LogP contribution < -0.4 is 10.2 Å². The van der Waals surface area contributed by atoms with E-state index >= 15 is 0 Å². The highest BCUT2D eigenvalue weighted by molar-refractivity contribution is 5.38. The Labute approximate surface area is 133 Å². The largest absolute Gasteiger partial charge is 0.332 e. The first-order valence-corrected chi connectivity index (χ1v) is 8.81. The van der Waals surface area contributed by atoms with Crippen LogP contribution in [-0.2, 0) is 0 Å². The second-order valence-corrected chi connectivity index (χ2v) is 7.18. The summed E-state index contributed by atoms with van der Waals surface area (Å²) in [7, 11) is 0. The maximum atomic E-state index is 4.70. The third-order valence-corrected chi connectivity index (χ3v) is 5.87. The van der Waals surface area contributed by atoms with Crippen LogP contribution in [0.2, 0.25) is 0 Å². The SMILES string of the molecule is CCC(C)N1CC2CCC(C1)N2c1ncc(C2CNC2)cn1. The van der Waals surface area contributed by atoms with Gasteiger partial charge in [0.05, 0.1) is 0 Å². The first-order chi connectivity index (χ1) is 10.8. The Kier molecular flexibility index (Phi) is 3.78. The fourth-order valence-corrected chi connectivity index (χ4v) is 4.08. The van der Waals surface area contributed by atoms with Crippen molar-refractivity contribution in [1.82, 2.24) is 20.2 Å². The van der Waals surface area contributed by atoms with E-state index in [0.29, 0.717) is 24.0 Å². The minimum atomic E-state index is 0.601. The summed E-state index contributed by atoms with van der Waals surface area (Å²) >= 11 is 0. The van der Waals surface area contributed by atoms with Gasteiger partial charge < -0.3 is 10.2 Å². The molecule has 3 atom stereocenters. The second kappa shape index (κ2) is 5.78. The molecular formula is C17H27N5. The monoisotopic (exact) mass is 301 g/mol. The quantitative estimate of drug-likeness (QED) is 0.915. The van der Waals surface area contributed by atoms with Crippen LogP contribution in [0.15, 0.2) is 12.4 Å². The molecular weight excluding hydrogens is 274 g/mol. The number of rotatable bonds is 4. The van der Waals surface area contributed by atoms with Crippen molar-refractivity contribution < 1.29 is 0 Å². The zero-order valence-electron chi connectivity index (χ0n) is 13.7. The van der Waals surface area contributed by atoms with Crippen LogP contribution in [0.3, 0.4) is 0 Å². The van der Waals surface area contributed by atoms with Crippen LogP contribution in [0.4, 0.5) is 5.95 Å². The average Bonchev–Trinajstić information content (AvgIpc) is 2.75. The van der Waals surface area contributed by atoms with Crippen LogP contribution in [0.25, 0.3) is 0 Å².